The maximum absolute atomic E-state index is 11.9. The van der Waals surface area contributed by atoms with Crippen LogP contribution in [0.5, 0.6) is 5.75 Å². The predicted octanol–water partition coefficient (Wildman–Crippen LogP) is 4.58. The number of benzene rings is 2. The van der Waals surface area contributed by atoms with Crippen LogP contribution in [0.4, 0.5) is 0 Å². The first-order valence-corrected chi connectivity index (χ1v) is 8.15. The van der Waals surface area contributed by atoms with Gasteiger partial charge in [-0.05, 0) is 42.7 Å². The summed E-state index contributed by atoms with van der Waals surface area (Å²) in [6, 6.07) is 16.1. The average molecular weight is 298 g/mol. The number of carbonyl (C=O) groups is 1. The minimum absolute atomic E-state index is 0.294. The van der Waals surface area contributed by atoms with E-state index in [0.29, 0.717) is 11.7 Å². The van der Waals surface area contributed by atoms with Crippen LogP contribution in [-0.2, 0) is 5.75 Å². The highest BCUT2D eigenvalue weighted by Crippen LogP contribution is 2.33. The Labute approximate surface area is 129 Å². The fraction of sp³-hybridized carbons (Fsp3) is 0.278. The Morgan fingerprint density at radius 1 is 1.10 bits per heavy atom. The lowest BCUT2D eigenvalue weighted by Crippen LogP contribution is -2.00. The molecule has 1 aliphatic carbocycles. The monoisotopic (exact) mass is 298 g/mol. The van der Waals surface area contributed by atoms with Crippen molar-refractivity contribution in [3.05, 3.63) is 59.7 Å². The third-order valence-corrected chi connectivity index (χ3v) is 4.73. The van der Waals surface area contributed by atoms with Crippen LogP contribution in [0.2, 0.25) is 0 Å². The molecule has 2 aromatic rings. The van der Waals surface area contributed by atoms with E-state index in [-0.39, 0.29) is 0 Å². The molecule has 2 aromatic carbocycles. The molecule has 21 heavy (non-hydrogen) atoms. The molecule has 0 radical (unpaired) electrons. The van der Waals surface area contributed by atoms with E-state index < -0.39 is 0 Å². The van der Waals surface area contributed by atoms with Gasteiger partial charge in [-0.1, -0.05) is 24.3 Å². The van der Waals surface area contributed by atoms with Crippen molar-refractivity contribution in [2.24, 2.45) is 5.92 Å². The quantitative estimate of drug-likeness (QED) is 0.577. The second kappa shape index (κ2) is 6.35. The summed E-state index contributed by atoms with van der Waals surface area (Å²) in [5, 5.41) is 0. The van der Waals surface area contributed by atoms with Crippen LogP contribution in [0, 0.1) is 5.92 Å². The SMILES string of the molecule is COc1ccc(CSc2ccc(C(=O)C3CC3)cc2)cc1. The van der Waals surface area contributed by atoms with Gasteiger partial charge in [0.2, 0.25) is 0 Å². The van der Waals surface area contributed by atoms with Gasteiger partial charge in [0.1, 0.15) is 5.75 Å². The standard InChI is InChI=1S/C18H18O2S/c1-20-16-8-2-13(3-9-16)12-21-17-10-6-15(7-11-17)18(19)14-4-5-14/h2-3,6-11,14H,4-5,12H2,1H3. The molecule has 0 aliphatic heterocycles. The molecule has 0 unspecified atom stereocenters. The third-order valence-electron chi connectivity index (χ3n) is 3.65. The van der Waals surface area contributed by atoms with Crippen molar-refractivity contribution in [1.29, 1.82) is 0 Å². The van der Waals surface area contributed by atoms with Crippen molar-refractivity contribution in [1.82, 2.24) is 0 Å². The van der Waals surface area contributed by atoms with Gasteiger partial charge in [0.25, 0.3) is 0 Å². The molecule has 108 valence electrons. The maximum atomic E-state index is 11.9. The van der Waals surface area contributed by atoms with E-state index in [1.54, 1.807) is 18.9 Å². The Bertz CT molecular complexity index is 613. The molecule has 3 rings (SSSR count). The Balaban J connectivity index is 1.58. The van der Waals surface area contributed by atoms with Crippen LogP contribution in [0.3, 0.4) is 0 Å². The van der Waals surface area contributed by atoms with E-state index in [2.05, 4.69) is 12.1 Å². The van der Waals surface area contributed by atoms with Gasteiger partial charge >= 0.3 is 0 Å². The van der Waals surface area contributed by atoms with Gasteiger partial charge in [0, 0.05) is 22.1 Å². The maximum Gasteiger partial charge on any atom is 0.165 e. The van der Waals surface area contributed by atoms with Gasteiger partial charge in [-0.15, -0.1) is 11.8 Å². The Hall–Kier alpha value is -1.74. The molecule has 0 aromatic heterocycles. The number of ether oxygens (including phenoxy) is 1. The zero-order valence-corrected chi connectivity index (χ0v) is 12.9. The van der Waals surface area contributed by atoms with Crippen LogP contribution in [0.1, 0.15) is 28.8 Å². The van der Waals surface area contributed by atoms with Crippen molar-refractivity contribution in [2.45, 2.75) is 23.5 Å². The number of thioether (sulfide) groups is 1. The fourth-order valence-corrected chi connectivity index (χ4v) is 3.04. The minimum atomic E-state index is 0.294. The number of Topliss-reactive ketones (excluding diaryl/α,β-unsaturated/α-hetero) is 1. The molecular formula is C18H18O2S. The van der Waals surface area contributed by atoms with E-state index in [4.69, 9.17) is 4.74 Å². The topological polar surface area (TPSA) is 26.3 Å². The normalized spacial score (nSPS) is 14.0. The number of rotatable bonds is 6. The van der Waals surface area contributed by atoms with Gasteiger partial charge in [-0.25, -0.2) is 0 Å². The van der Waals surface area contributed by atoms with Crippen molar-refractivity contribution in [2.75, 3.05) is 7.11 Å². The second-order valence-electron chi connectivity index (χ2n) is 5.30. The molecule has 1 fully saturated rings. The Morgan fingerprint density at radius 2 is 1.76 bits per heavy atom. The fourth-order valence-electron chi connectivity index (χ4n) is 2.19. The second-order valence-corrected chi connectivity index (χ2v) is 6.35. The van der Waals surface area contributed by atoms with Crippen molar-refractivity contribution in [3.63, 3.8) is 0 Å². The van der Waals surface area contributed by atoms with Gasteiger partial charge in [0.15, 0.2) is 5.78 Å². The van der Waals surface area contributed by atoms with Crippen molar-refractivity contribution in [3.8, 4) is 5.75 Å². The van der Waals surface area contributed by atoms with Gasteiger partial charge < -0.3 is 4.74 Å². The summed E-state index contributed by atoms with van der Waals surface area (Å²) in [4.78, 5) is 13.1. The average Bonchev–Trinajstić information content (AvgIpc) is 3.38. The summed E-state index contributed by atoms with van der Waals surface area (Å²) >= 11 is 1.78. The Kier molecular flexibility index (Phi) is 4.30. The molecule has 0 heterocycles. The number of carbonyl (C=O) groups excluding carboxylic acids is 1. The third kappa shape index (κ3) is 3.67. The largest absolute Gasteiger partial charge is 0.497 e. The van der Waals surface area contributed by atoms with Crippen molar-refractivity contribution >= 4 is 17.5 Å². The highest BCUT2D eigenvalue weighted by molar-refractivity contribution is 7.98. The minimum Gasteiger partial charge on any atom is -0.497 e. The number of hydrogen-bond donors (Lipinski definition) is 0. The lowest BCUT2D eigenvalue weighted by Gasteiger charge is -2.05. The molecule has 0 N–H and O–H groups in total. The van der Waals surface area contributed by atoms with Crippen LogP contribution in [0.15, 0.2) is 53.4 Å². The van der Waals surface area contributed by atoms with Crippen LogP contribution < -0.4 is 4.74 Å². The molecule has 0 saturated heterocycles. The lowest BCUT2D eigenvalue weighted by atomic mass is 10.1. The van der Waals surface area contributed by atoms with Crippen LogP contribution in [0.25, 0.3) is 0 Å². The zero-order valence-electron chi connectivity index (χ0n) is 12.0. The van der Waals surface area contributed by atoms with E-state index in [1.807, 2.05) is 36.4 Å². The van der Waals surface area contributed by atoms with Gasteiger partial charge in [0.05, 0.1) is 7.11 Å². The zero-order chi connectivity index (χ0) is 14.7. The highest BCUT2D eigenvalue weighted by Gasteiger charge is 2.30. The summed E-state index contributed by atoms with van der Waals surface area (Å²) in [5.74, 6) is 2.40. The molecule has 0 amide bonds. The molecular weight excluding hydrogens is 280 g/mol. The summed E-state index contributed by atoms with van der Waals surface area (Å²) in [7, 11) is 1.67. The highest BCUT2D eigenvalue weighted by atomic mass is 32.2. The first kappa shape index (κ1) is 14.2. The number of ketones is 1. The van der Waals surface area contributed by atoms with Gasteiger partial charge in [-0.3, -0.25) is 4.79 Å². The predicted molar refractivity (Wildman–Crippen MR) is 86.1 cm³/mol. The lowest BCUT2D eigenvalue weighted by molar-refractivity contribution is 0.0967. The number of hydrogen-bond acceptors (Lipinski definition) is 3. The molecule has 1 saturated carbocycles. The first-order valence-electron chi connectivity index (χ1n) is 7.16. The summed E-state index contributed by atoms with van der Waals surface area (Å²) in [6.07, 6.45) is 2.12. The van der Waals surface area contributed by atoms with Crippen LogP contribution >= 0.6 is 11.8 Å². The molecule has 2 nitrogen and oxygen atoms in total. The molecule has 1 aliphatic rings. The smallest absolute Gasteiger partial charge is 0.165 e. The van der Waals surface area contributed by atoms with Crippen molar-refractivity contribution < 1.29 is 9.53 Å². The molecule has 0 atom stereocenters. The summed E-state index contributed by atoms with van der Waals surface area (Å²) in [6.45, 7) is 0. The summed E-state index contributed by atoms with van der Waals surface area (Å²) in [5.41, 5.74) is 2.12. The van der Waals surface area contributed by atoms with Crippen LogP contribution in [-0.4, -0.2) is 12.9 Å². The van der Waals surface area contributed by atoms with E-state index >= 15 is 0 Å². The van der Waals surface area contributed by atoms with Gasteiger partial charge in [-0.2, -0.15) is 0 Å². The van der Waals surface area contributed by atoms with E-state index in [0.717, 1.165) is 29.9 Å². The first-order chi connectivity index (χ1) is 10.3. The molecule has 3 heteroatoms. The Morgan fingerprint density at radius 3 is 2.33 bits per heavy atom. The molecule has 0 spiro atoms. The number of methoxy groups -OCH3 is 1. The van der Waals surface area contributed by atoms with E-state index in [1.165, 1.54) is 10.5 Å². The summed E-state index contributed by atoms with van der Waals surface area (Å²) < 4.78 is 5.15. The van der Waals surface area contributed by atoms with E-state index in [9.17, 15) is 4.79 Å². The molecule has 0 bridgehead atoms.